The van der Waals surface area contributed by atoms with Gasteiger partial charge in [0.05, 0.1) is 0 Å². The molecule has 1 fully saturated rings. The van der Waals surface area contributed by atoms with Crippen molar-refractivity contribution in [1.82, 2.24) is 4.90 Å². The second-order valence-corrected chi connectivity index (χ2v) is 13.7. The summed E-state index contributed by atoms with van der Waals surface area (Å²) in [5.41, 5.74) is 0. The van der Waals surface area contributed by atoms with Gasteiger partial charge in [0.1, 0.15) is 19.3 Å². The molecule has 1 saturated heterocycles. The molecule has 0 aromatic rings. The van der Waals surface area contributed by atoms with E-state index >= 15 is 0 Å². The molecule has 0 spiro atoms. The van der Waals surface area contributed by atoms with Crippen molar-refractivity contribution in [2.45, 2.75) is 187 Å². The molecule has 1 heterocycles. The van der Waals surface area contributed by atoms with Crippen LogP contribution in [0.2, 0.25) is 0 Å². The molecule has 0 aromatic carbocycles. The van der Waals surface area contributed by atoms with E-state index in [9.17, 15) is 14.4 Å². The Balaban J connectivity index is 2.14. The van der Waals surface area contributed by atoms with Crippen LogP contribution < -0.4 is 0 Å². The molecule has 0 aliphatic carbocycles. The van der Waals surface area contributed by atoms with E-state index < -0.39 is 0 Å². The molecule has 7 nitrogen and oxygen atoms in total. The van der Waals surface area contributed by atoms with Gasteiger partial charge in [-0.3, -0.25) is 14.4 Å². The van der Waals surface area contributed by atoms with Gasteiger partial charge in [0, 0.05) is 32.4 Å². The number of nitrogens with zero attached hydrogens (tertiary/aromatic N) is 1. The molecule has 0 N–H and O–H groups in total. The molecule has 0 saturated carbocycles. The average Bonchev–Trinajstić information content (AvgIpc) is 3.90. The number of allylic oxidation sites excluding steroid dienone is 2. The average molecular weight is 676 g/mol. The minimum atomic E-state index is -0.104. The lowest BCUT2D eigenvalue weighted by Crippen LogP contribution is -2.19. The molecule has 0 aromatic heterocycles. The first-order valence-electron chi connectivity index (χ1n) is 20.1. The van der Waals surface area contributed by atoms with Crippen LogP contribution in [-0.4, -0.2) is 61.8 Å². The SMILES string of the molecule is CCCCCC/C=C\COC(=O)CCCCCCCC(CCCCCCCC(=O)OC/C=C\CCCCCC)OC(=O)CCCN1CC1. The summed E-state index contributed by atoms with van der Waals surface area (Å²) in [7, 11) is 0. The highest BCUT2D eigenvalue weighted by Gasteiger charge is 2.18. The van der Waals surface area contributed by atoms with Gasteiger partial charge in [0.15, 0.2) is 0 Å². The predicted octanol–water partition coefficient (Wildman–Crippen LogP) is 10.6. The lowest BCUT2D eigenvalue weighted by molar-refractivity contribution is -0.150. The minimum Gasteiger partial charge on any atom is -0.462 e. The van der Waals surface area contributed by atoms with E-state index in [4.69, 9.17) is 14.2 Å². The molecule has 1 aliphatic rings. The molecule has 0 amide bonds. The van der Waals surface area contributed by atoms with Crippen molar-refractivity contribution in [3.63, 3.8) is 0 Å². The predicted molar refractivity (Wildman–Crippen MR) is 198 cm³/mol. The normalized spacial score (nSPS) is 13.1. The summed E-state index contributed by atoms with van der Waals surface area (Å²) in [5, 5.41) is 0. The molecule has 0 radical (unpaired) electrons. The monoisotopic (exact) mass is 676 g/mol. The number of esters is 3. The van der Waals surface area contributed by atoms with Gasteiger partial charge >= 0.3 is 17.9 Å². The van der Waals surface area contributed by atoms with Crippen LogP contribution in [0, 0.1) is 0 Å². The Morgan fingerprint density at radius 2 is 0.958 bits per heavy atom. The molecule has 1 aliphatic heterocycles. The van der Waals surface area contributed by atoms with Gasteiger partial charge < -0.3 is 19.1 Å². The zero-order valence-corrected chi connectivity index (χ0v) is 31.2. The number of rotatable bonds is 35. The van der Waals surface area contributed by atoms with Crippen molar-refractivity contribution in [1.29, 1.82) is 0 Å². The Morgan fingerprint density at radius 3 is 1.44 bits per heavy atom. The third-order valence-corrected chi connectivity index (χ3v) is 8.97. The molecule has 48 heavy (non-hydrogen) atoms. The van der Waals surface area contributed by atoms with Crippen LogP contribution >= 0.6 is 0 Å². The highest BCUT2D eigenvalue weighted by molar-refractivity contribution is 5.70. The maximum Gasteiger partial charge on any atom is 0.306 e. The van der Waals surface area contributed by atoms with Gasteiger partial charge in [-0.1, -0.05) is 115 Å². The molecule has 0 unspecified atom stereocenters. The fourth-order valence-electron chi connectivity index (χ4n) is 5.77. The smallest absolute Gasteiger partial charge is 0.306 e. The lowest BCUT2D eigenvalue weighted by atomic mass is 10.0. The van der Waals surface area contributed by atoms with E-state index in [1.807, 2.05) is 12.2 Å². The first-order chi connectivity index (χ1) is 23.5. The summed E-state index contributed by atoms with van der Waals surface area (Å²) in [6, 6.07) is 0. The molecule has 0 atom stereocenters. The first-order valence-corrected chi connectivity index (χ1v) is 20.1. The third kappa shape index (κ3) is 31.1. The molecule has 0 bridgehead atoms. The van der Waals surface area contributed by atoms with Crippen LogP contribution in [0.1, 0.15) is 181 Å². The van der Waals surface area contributed by atoms with Crippen LogP contribution in [0.5, 0.6) is 0 Å². The van der Waals surface area contributed by atoms with E-state index in [0.717, 1.165) is 116 Å². The van der Waals surface area contributed by atoms with E-state index in [1.54, 1.807) is 0 Å². The Kier molecular flexibility index (Phi) is 30.5. The second-order valence-electron chi connectivity index (χ2n) is 13.7. The van der Waals surface area contributed by atoms with Crippen molar-refractivity contribution in [3.8, 4) is 0 Å². The standard InChI is InChI=1S/C41H73NO6/c1-3-5-7-9-11-19-25-36-46-39(43)30-23-17-13-15-21-28-38(48-41(45)32-27-33-42-34-35-42)29-22-16-14-18-24-31-40(44)47-37-26-20-12-10-8-6-4-2/h19-20,25-26,38H,3-18,21-24,27-37H2,1-2H3/b25-19-,26-20-. The van der Waals surface area contributed by atoms with Crippen LogP contribution in [0.4, 0.5) is 0 Å². The van der Waals surface area contributed by atoms with Crippen LogP contribution in [0.3, 0.4) is 0 Å². The van der Waals surface area contributed by atoms with Crippen LogP contribution in [0.15, 0.2) is 24.3 Å². The van der Waals surface area contributed by atoms with E-state index in [2.05, 4.69) is 30.9 Å². The topological polar surface area (TPSA) is 81.9 Å². The Labute approximate surface area is 295 Å². The zero-order valence-electron chi connectivity index (χ0n) is 31.2. The highest BCUT2D eigenvalue weighted by Crippen LogP contribution is 2.18. The number of carbonyl (C=O) groups excluding carboxylic acids is 3. The zero-order chi connectivity index (χ0) is 34.8. The summed E-state index contributed by atoms with van der Waals surface area (Å²) < 4.78 is 16.6. The van der Waals surface area contributed by atoms with Gasteiger partial charge in [-0.05, 0) is 77.2 Å². The third-order valence-electron chi connectivity index (χ3n) is 8.97. The van der Waals surface area contributed by atoms with Crippen LogP contribution in [0.25, 0.3) is 0 Å². The van der Waals surface area contributed by atoms with E-state index in [0.29, 0.717) is 32.5 Å². The Morgan fingerprint density at radius 1 is 0.521 bits per heavy atom. The van der Waals surface area contributed by atoms with Gasteiger partial charge in [-0.25, -0.2) is 0 Å². The van der Waals surface area contributed by atoms with Gasteiger partial charge in [-0.2, -0.15) is 0 Å². The summed E-state index contributed by atoms with van der Waals surface area (Å²) in [6.07, 6.45) is 34.7. The summed E-state index contributed by atoms with van der Waals surface area (Å²) in [5.74, 6) is -0.268. The Hall–Kier alpha value is -2.15. The minimum absolute atomic E-state index is 0.0110. The highest BCUT2D eigenvalue weighted by atomic mass is 16.5. The van der Waals surface area contributed by atoms with Crippen LogP contribution in [-0.2, 0) is 28.6 Å². The number of hydrogen-bond donors (Lipinski definition) is 0. The molecular formula is C41H73NO6. The van der Waals surface area contributed by atoms with Crippen molar-refractivity contribution >= 4 is 17.9 Å². The Bertz CT molecular complexity index is 785. The van der Waals surface area contributed by atoms with Crippen molar-refractivity contribution < 1.29 is 28.6 Å². The number of ether oxygens (including phenoxy) is 3. The quantitative estimate of drug-likeness (QED) is 0.0217. The summed E-state index contributed by atoms with van der Waals surface area (Å²) in [6.45, 7) is 8.52. The van der Waals surface area contributed by atoms with Crippen molar-refractivity contribution in [3.05, 3.63) is 24.3 Å². The lowest BCUT2D eigenvalue weighted by Gasteiger charge is -2.18. The number of carbonyl (C=O) groups is 3. The first kappa shape index (κ1) is 43.9. The molecular weight excluding hydrogens is 602 g/mol. The van der Waals surface area contributed by atoms with E-state index in [1.165, 1.54) is 51.4 Å². The number of unbranched alkanes of at least 4 members (excludes halogenated alkanes) is 16. The fraction of sp³-hybridized carbons (Fsp3) is 0.829. The molecule has 1 rings (SSSR count). The van der Waals surface area contributed by atoms with Gasteiger partial charge in [0.2, 0.25) is 0 Å². The van der Waals surface area contributed by atoms with Crippen molar-refractivity contribution in [2.75, 3.05) is 32.8 Å². The summed E-state index contributed by atoms with van der Waals surface area (Å²) in [4.78, 5) is 38.8. The summed E-state index contributed by atoms with van der Waals surface area (Å²) >= 11 is 0. The maximum absolute atomic E-state index is 12.5. The largest absolute Gasteiger partial charge is 0.462 e. The van der Waals surface area contributed by atoms with Gasteiger partial charge in [0.25, 0.3) is 0 Å². The number of hydrogen-bond acceptors (Lipinski definition) is 7. The van der Waals surface area contributed by atoms with Crippen molar-refractivity contribution in [2.24, 2.45) is 0 Å². The van der Waals surface area contributed by atoms with E-state index in [-0.39, 0.29) is 24.0 Å². The molecule has 278 valence electrons. The fourth-order valence-corrected chi connectivity index (χ4v) is 5.77. The second kappa shape index (κ2) is 33.4. The van der Waals surface area contributed by atoms with Gasteiger partial charge in [-0.15, -0.1) is 0 Å². The molecule has 7 heteroatoms. The maximum atomic E-state index is 12.5.